The number of hydrogen-bond donors (Lipinski definition) is 1. The van der Waals surface area contributed by atoms with E-state index in [1.807, 2.05) is 56.3 Å². The first kappa shape index (κ1) is 18.5. The quantitative estimate of drug-likeness (QED) is 0.367. The second-order valence-electron chi connectivity index (χ2n) is 5.84. The van der Waals surface area contributed by atoms with E-state index in [2.05, 4.69) is 20.6 Å². The molecule has 0 unspecified atom stereocenters. The number of rotatable bonds is 6. The van der Waals surface area contributed by atoms with Gasteiger partial charge in [0.05, 0.1) is 11.3 Å². The van der Waals surface area contributed by atoms with Gasteiger partial charge in [0.2, 0.25) is 5.13 Å². The number of furan rings is 1. The molecule has 142 valence electrons. The molecule has 0 saturated carbocycles. The largest absolute Gasteiger partial charge is 0.460 e. The molecule has 1 amide bonds. The summed E-state index contributed by atoms with van der Waals surface area (Å²) < 4.78 is 8.20. The first-order valence-electron chi connectivity index (χ1n) is 8.63. The molecule has 28 heavy (non-hydrogen) atoms. The number of nitrogens with one attached hydrogen (secondary N) is 1. The van der Waals surface area contributed by atoms with E-state index in [4.69, 9.17) is 4.42 Å². The van der Waals surface area contributed by atoms with Gasteiger partial charge in [-0.2, -0.15) is 5.10 Å². The third kappa shape index (κ3) is 3.85. The topological polar surface area (TPSA) is 85.8 Å². The normalized spacial score (nSPS) is 10.9. The number of benzene rings is 1. The van der Waals surface area contributed by atoms with Crippen LogP contribution in [0.3, 0.4) is 0 Å². The van der Waals surface area contributed by atoms with E-state index in [9.17, 15) is 4.79 Å². The Bertz CT molecular complexity index is 1100. The van der Waals surface area contributed by atoms with Crippen molar-refractivity contribution in [3.05, 3.63) is 60.0 Å². The molecule has 7 nitrogen and oxygen atoms in total. The molecule has 4 rings (SSSR count). The van der Waals surface area contributed by atoms with Gasteiger partial charge in [-0.25, -0.2) is 4.68 Å². The van der Waals surface area contributed by atoms with Gasteiger partial charge in [0.1, 0.15) is 11.5 Å². The third-order valence-corrected chi connectivity index (χ3v) is 5.70. The van der Waals surface area contributed by atoms with Crippen molar-refractivity contribution >= 4 is 34.1 Å². The summed E-state index contributed by atoms with van der Waals surface area (Å²) in [5.41, 5.74) is 1.73. The minimum Gasteiger partial charge on any atom is -0.460 e. The van der Waals surface area contributed by atoms with Crippen LogP contribution >= 0.6 is 23.1 Å². The van der Waals surface area contributed by atoms with Gasteiger partial charge in [-0.15, -0.1) is 10.2 Å². The van der Waals surface area contributed by atoms with E-state index in [1.54, 1.807) is 22.6 Å². The van der Waals surface area contributed by atoms with Crippen molar-refractivity contribution in [3.63, 3.8) is 0 Å². The summed E-state index contributed by atoms with van der Waals surface area (Å²) in [5.74, 6) is 1.88. The predicted octanol–water partition coefficient (Wildman–Crippen LogP) is 4.66. The fourth-order valence-electron chi connectivity index (χ4n) is 2.60. The summed E-state index contributed by atoms with van der Waals surface area (Å²) in [6, 6.07) is 13.3. The maximum absolute atomic E-state index is 13.0. The average molecular weight is 412 g/mol. The fraction of sp³-hybridized carbons (Fsp3) is 0.158. The molecule has 0 fully saturated rings. The van der Waals surface area contributed by atoms with Crippen LogP contribution < -0.4 is 5.32 Å². The van der Waals surface area contributed by atoms with Crippen LogP contribution in [0.15, 0.2) is 57.4 Å². The molecule has 3 heterocycles. The molecule has 0 spiro atoms. The number of nitrogens with zero attached hydrogens (tertiary/aromatic N) is 4. The zero-order valence-corrected chi connectivity index (χ0v) is 16.9. The first-order valence-corrected chi connectivity index (χ1v) is 10.4. The van der Waals surface area contributed by atoms with Crippen molar-refractivity contribution in [2.45, 2.75) is 18.2 Å². The van der Waals surface area contributed by atoms with Crippen molar-refractivity contribution in [2.75, 3.05) is 11.1 Å². The molecule has 0 aliphatic rings. The highest BCUT2D eigenvalue weighted by Crippen LogP contribution is 2.28. The van der Waals surface area contributed by atoms with Crippen LogP contribution in [0.4, 0.5) is 5.13 Å². The second kappa shape index (κ2) is 7.99. The van der Waals surface area contributed by atoms with E-state index < -0.39 is 0 Å². The molecular weight excluding hydrogens is 394 g/mol. The van der Waals surface area contributed by atoms with Crippen LogP contribution in [0, 0.1) is 6.92 Å². The van der Waals surface area contributed by atoms with Gasteiger partial charge in [0.15, 0.2) is 10.1 Å². The average Bonchev–Trinajstić information content (AvgIpc) is 3.42. The molecule has 9 heteroatoms. The summed E-state index contributed by atoms with van der Waals surface area (Å²) in [6.45, 7) is 3.89. The molecule has 0 radical (unpaired) electrons. The van der Waals surface area contributed by atoms with Crippen LogP contribution in [-0.4, -0.2) is 31.6 Å². The number of para-hydroxylation sites is 1. The predicted molar refractivity (Wildman–Crippen MR) is 110 cm³/mol. The monoisotopic (exact) mass is 411 g/mol. The van der Waals surface area contributed by atoms with E-state index in [-0.39, 0.29) is 5.91 Å². The number of aryl methyl sites for hydroxylation is 1. The Morgan fingerprint density at radius 2 is 2.04 bits per heavy atom. The second-order valence-corrected chi connectivity index (χ2v) is 8.33. The van der Waals surface area contributed by atoms with Crippen molar-refractivity contribution in [2.24, 2.45) is 0 Å². The van der Waals surface area contributed by atoms with Gasteiger partial charge in [0, 0.05) is 6.20 Å². The summed E-state index contributed by atoms with van der Waals surface area (Å²) in [6.07, 6.45) is 1.70. The maximum atomic E-state index is 13.0. The standard InChI is InChI=1S/C19H17N5O2S2/c1-3-27-19-22-21-18(28-19)20-17(25)14-11-24(13-7-5-4-6-8-13)23-16(14)15-10-9-12(2)26-15/h4-11H,3H2,1-2H3,(H,20,21,25). The van der Waals surface area contributed by atoms with Crippen LogP contribution in [0.5, 0.6) is 0 Å². The molecule has 0 saturated heterocycles. The summed E-state index contributed by atoms with van der Waals surface area (Å²) >= 11 is 2.93. The smallest absolute Gasteiger partial charge is 0.261 e. The van der Waals surface area contributed by atoms with Crippen molar-refractivity contribution in [1.29, 1.82) is 0 Å². The van der Waals surface area contributed by atoms with Gasteiger partial charge in [-0.05, 0) is 36.9 Å². The van der Waals surface area contributed by atoms with E-state index in [1.165, 1.54) is 11.3 Å². The molecular formula is C19H17N5O2S2. The Morgan fingerprint density at radius 1 is 1.21 bits per heavy atom. The minimum atomic E-state index is -0.310. The van der Waals surface area contributed by atoms with Crippen LogP contribution in [0.2, 0.25) is 0 Å². The lowest BCUT2D eigenvalue weighted by Gasteiger charge is -2.00. The number of thioether (sulfide) groups is 1. The Balaban J connectivity index is 1.69. The van der Waals surface area contributed by atoms with Gasteiger partial charge in [-0.1, -0.05) is 48.2 Å². The molecule has 0 aliphatic heterocycles. The molecule has 0 aliphatic carbocycles. The number of aromatic nitrogens is 4. The van der Waals surface area contributed by atoms with Crippen LogP contribution in [0.25, 0.3) is 17.1 Å². The van der Waals surface area contributed by atoms with Gasteiger partial charge in [-0.3, -0.25) is 10.1 Å². The fourth-order valence-corrected chi connectivity index (χ4v) is 4.25. The highest BCUT2D eigenvalue weighted by atomic mass is 32.2. The lowest BCUT2D eigenvalue weighted by atomic mass is 10.2. The number of anilines is 1. The SMILES string of the molecule is CCSc1nnc(NC(=O)c2cn(-c3ccccc3)nc2-c2ccc(C)o2)s1. The third-order valence-electron chi connectivity index (χ3n) is 3.85. The molecule has 0 atom stereocenters. The van der Waals surface area contributed by atoms with Crippen molar-refractivity contribution in [3.8, 4) is 17.1 Å². The molecule has 1 aromatic carbocycles. The molecule has 3 aromatic heterocycles. The summed E-state index contributed by atoms with van der Waals surface area (Å²) in [5, 5.41) is 16.0. The van der Waals surface area contributed by atoms with E-state index in [0.717, 1.165) is 21.5 Å². The van der Waals surface area contributed by atoms with Gasteiger partial charge < -0.3 is 4.42 Å². The Kier molecular flexibility index (Phi) is 5.27. The number of carbonyl (C=O) groups excluding carboxylic acids is 1. The zero-order chi connectivity index (χ0) is 19.5. The summed E-state index contributed by atoms with van der Waals surface area (Å²) in [4.78, 5) is 13.0. The number of amides is 1. The Labute approximate surface area is 169 Å². The van der Waals surface area contributed by atoms with Crippen LogP contribution in [-0.2, 0) is 0 Å². The highest BCUT2D eigenvalue weighted by molar-refractivity contribution is 8.01. The number of hydrogen-bond acceptors (Lipinski definition) is 7. The zero-order valence-electron chi connectivity index (χ0n) is 15.2. The minimum absolute atomic E-state index is 0.310. The molecule has 4 aromatic rings. The van der Waals surface area contributed by atoms with Gasteiger partial charge in [0.25, 0.3) is 5.91 Å². The molecule has 0 bridgehead atoms. The lowest BCUT2D eigenvalue weighted by molar-refractivity contribution is 0.102. The highest BCUT2D eigenvalue weighted by Gasteiger charge is 2.22. The maximum Gasteiger partial charge on any atom is 0.261 e. The first-order chi connectivity index (χ1) is 13.6. The van der Waals surface area contributed by atoms with Crippen molar-refractivity contribution in [1.82, 2.24) is 20.0 Å². The van der Waals surface area contributed by atoms with E-state index >= 15 is 0 Å². The van der Waals surface area contributed by atoms with E-state index in [0.29, 0.717) is 22.1 Å². The summed E-state index contributed by atoms with van der Waals surface area (Å²) in [7, 11) is 0. The lowest BCUT2D eigenvalue weighted by Crippen LogP contribution is -2.12. The van der Waals surface area contributed by atoms with Crippen molar-refractivity contribution < 1.29 is 9.21 Å². The van der Waals surface area contributed by atoms with Crippen LogP contribution in [0.1, 0.15) is 23.0 Å². The molecule has 1 N–H and O–H groups in total. The number of carbonyl (C=O) groups is 1. The van der Waals surface area contributed by atoms with Gasteiger partial charge >= 0.3 is 0 Å². The Morgan fingerprint density at radius 3 is 2.75 bits per heavy atom. The Hall–Kier alpha value is -2.91.